The molecule has 3 aliphatic heterocycles. The third kappa shape index (κ3) is 4.37. The lowest BCUT2D eigenvalue weighted by Gasteiger charge is -2.57. The zero-order valence-corrected chi connectivity index (χ0v) is 19.3. The summed E-state index contributed by atoms with van der Waals surface area (Å²) in [6, 6.07) is 13.6. The molecular formula is C27H30N2O5. The fourth-order valence-corrected chi connectivity index (χ4v) is 5.31. The van der Waals surface area contributed by atoms with Gasteiger partial charge in [-0.25, -0.2) is 0 Å². The Morgan fingerprint density at radius 3 is 2.65 bits per heavy atom. The van der Waals surface area contributed by atoms with Crippen LogP contribution in [0.4, 0.5) is 0 Å². The Morgan fingerprint density at radius 2 is 1.88 bits per heavy atom. The van der Waals surface area contributed by atoms with Crippen LogP contribution in [0.2, 0.25) is 0 Å². The fourth-order valence-electron chi connectivity index (χ4n) is 5.31. The Bertz CT molecular complexity index is 1100. The van der Waals surface area contributed by atoms with Gasteiger partial charge in [-0.1, -0.05) is 24.0 Å². The largest absolute Gasteiger partial charge is 0.454 e. The Morgan fingerprint density at radius 1 is 1.12 bits per heavy atom. The normalized spacial score (nSPS) is 24.7. The topological polar surface area (TPSA) is 82.5 Å². The molecule has 2 N–H and O–H groups in total. The van der Waals surface area contributed by atoms with Gasteiger partial charge in [0.1, 0.15) is 6.10 Å². The number of aliphatic hydroxyl groups is 2. The molecule has 2 fully saturated rings. The summed E-state index contributed by atoms with van der Waals surface area (Å²) < 4.78 is 10.8. The van der Waals surface area contributed by atoms with E-state index < -0.39 is 6.10 Å². The smallest absolute Gasteiger partial charge is 0.254 e. The number of nitrogens with zero attached hydrogens (tertiary/aromatic N) is 2. The van der Waals surface area contributed by atoms with E-state index in [-0.39, 0.29) is 37.3 Å². The summed E-state index contributed by atoms with van der Waals surface area (Å²) in [4.78, 5) is 17.7. The number of carbonyl (C=O) groups excluding carboxylic acids is 1. The first-order chi connectivity index (χ1) is 16.5. The van der Waals surface area contributed by atoms with Crippen molar-refractivity contribution in [3.05, 3.63) is 59.2 Å². The van der Waals surface area contributed by atoms with Gasteiger partial charge in [0.15, 0.2) is 11.5 Å². The summed E-state index contributed by atoms with van der Waals surface area (Å²) in [5.41, 5.74) is 2.59. The zero-order chi connectivity index (χ0) is 23.7. The lowest BCUT2D eigenvalue weighted by atomic mass is 9.74. The van der Waals surface area contributed by atoms with Crippen LogP contribution in [-0.4, -0.2) is 77.1 Å². The quantitative estimate of drug-likeness (QED) is 0.681. The second-order valence-electron chi connectivity index (χ2n) is 9.17. The molecule has 3 heterocycles. The summed E-state index contributed by atoms with van der Waals surface area (Å²) >= 11 is 0. The molecular weight excluding hydrogens is 432 g/mol. The first kappa shape index (κ1) is 22.7. The van der Waals surface area contributed by atoms with Gasteiger partial charge in [-0.3, -0.25) is 9.69 Å². The molecule has 34 heavy (non-hydrogen) atoms. The van der Waals surface area contributed by atoms with Gasteiger partial charge in [0, 0.05) is 42.2 Å². The van der Waals surface area contributed by atoms with Crippen molar-refractivity contribution < 1.29 is 24.5 Å². The lowest BCUT2D eigenvalue weighted by Crippen LogP contribution is -2.67. The third-order valence-corrected chi connectivity index (χ3v) is 7.00. The van der Waals surface area contributed by atoms with Gasteiger partial charge in [0.05, 0.1) is 6.61 Å². The number of carbonyl (C=O) groups is 1. The summed E-state index contributed by atoms with van der Waals surface area (Å²) in [5, 5.41) is 19.6. The third-order valence-electron chi connectivity index (χ3n) is 7.00. The number of hydrogen-bond acceptors (Lipinski definition) is 6. The summed E-state index contributed by atoms with van der Waals surface area (Å²) in [7, 11) is 0. The number of aliphatic hydroxyl groups excluding tert-OH is 2. The van der Waals surface area contributed by atoms with Gasteiger partial charge < -0.3 is 24.6 Å². The number of ether oxygens (including phenoxy) is 2. The predicted molar refractivity (Wildman–Crippen MR) is 127 cm³/mol. The first-order valence-corrected chi connectivity index (χ1v) is 11.9. The van der Waals surface area contributed by atoms with Crippen molar-refractivity contribution in [3.63, 3.8) is 0 Å². The summed E-state index contributed by atoms with van der Waals surface area (Å²) in [6.07, 6.45) is 1.25. The van der Waals surface area contributed by atoms with Crippen molar-refractivity contribution in [3.8, 4) is 23.3 Å². The minimum Gasteiger partial charge on any atom is -0.454 e. The number of amides is 1. The standard InChI is InChI=1S/C27H30N2O5/c1-18(31)4-5-19-6-8-20(9-7-19)26-22-15-28(12-2-3-13-29(22)23(26)16-30)27(32)21-10-11-24-25(14-21)34-17-33-24/h6-11,14,18,22-23,26,30-31H,2-3,12-13,15-17H2,1H3/t18-,22+,23-,26+/m0/s1. The molecule has 178 valence electrons. The highest BCUT2D eigenvalue weighted by atomic mass is 16.7. The molecule has 0 aromatic heterocycles. The van der Waals surface area contributed by atoms with Crippen LogP contribution in [0.25, 0.3) is 0 Å². The van der Waals surface area contributed by atoms with Crippen LogP contribution in [0.3, 0.4) is 0 Å². The van der Waals surface area contributed by atoms with E-state index in [4.69, 9.17) is 9.47 Å². The Kier molecular flexibility index (Phi) is 6.46. The van der Waals surface area contributed by atoms with Crippen LogP contribution >= 0.6 is 0 Å². The highest BCUT2D eigenvalue weighted by Gasteiger charge is 2.49. The van der Waals surface area contributed by atoms with E-state index in [1.165, 1.54) is 0 Å². The Balaban J connectivity index is 1.37. The molecule has 4 atom stereocenters. The second kappa shape index (κ2) is 9.67. The molecule has 0 bridgehead atoms. The van der Waals surface area contributed by atoms with E-state index in [0.29, 0.717) is 30.2 Å². The number of fused-ring (bicyclic) bond motifs is 2. The molecule has 2 aromatic rings. The van der Waals surface area contributed by atoms with E-state index in [1.54, 1.807) is 25.1 Å². The molecule has 5 rings (SSSR count). The molecule has 0 radical (unpaired) electrons. The van der Waals surface area contributed by atoms with E-state index >= 15 is 0 Å². The van der Waals surface area contributed by atoms with Crippen molar-refractivity contribution in [2.24, 2.45) is 0 Å². The van der Waals surface area contributed by atoms with Gasteiger partial charge in [-0.2, -0.15) is 0 Å². The van der Waals surface area contributed by atoms with Gasteiger partial charge >= 0.3 is 0 Å². The minimum absolute atomic E-state index is 0.00454. The van der Waals surface area contributed by atoms with Crippen LogP contribution in [-0.2, 0) is 0 Å². The monoisotopic (exact) mass is 462 g/mol. The molecule has 2 saturated heterocycles. The van der Waals surface area contributed by atoms with Crippen molar-refractivity contribution in [2.75, 3.05) is 33.0 Å². The average molecular weight is 463 g/mol. The SMILES string of the molecule is C[C@H](O)C#Cc1ccc([C@@H]2[C@H]3CN(C(=O)c4ccc5c(c4)OCO5)CCCCN3[C@H]2CO)cc1. The molecule has 1 amide bonds. The fraction of sp³-hybridized carbons (Fsp3) is 0.444. The van der Waals surface area contributed by atoms with Crippen LogP contribution in [0, 0.1) is 11.8 Å². The molecule has 7 nitrogen and oxygen atoms in total. The van der Waals surface area contributed by atoms with Gasteiger partial charge in [0.25, 0.3) is 5.91 Å². The molecule has 0 saturated carbocycles. The van der Waals surface area contributed by atoms with Crippen LogP contribution in [0.5, 0.6) is 11.5 Å². The minimum atomic E-state index is -0.665. The lowest BCUT2D eigenvalue weighted by molar-refractivity contribution is -0.0606. The predicted octanol–water partition coefficient (Wildman–Crippen LogP) is 2.21. The van der Waals surface area contributed by atoms with Crippen molar-refractivity contribution in [1.82, 2.24) is 9.80 Å². The first-order valence-electron chi connectivity index (χ1n) is 11.9. The molecule has 3 aliphatic rings. The molecule has 0 unspecified atom stereocenters. The van der Waals surface area contributed by atoms with Crippen molar-refractivity contribution >= 4 is 5.91 Å². The highest BCUT2D eigenvalue weighted by Crippen LogP contribution is 2.42. The van der Waals surface area contributed by atoms with Gasteiger partial charge in [0.2, 0.25) is 6.79 Å². The van der Waals surface area contributed by atoms with Crippen LogP contribution in [0.15, 0.2) is 42.5 Å². The van der Waals surface area contributed by atoms with E-state index in [9.17, 15) is 15.0 Å². The van der Waals surface area contributed by atoms with Crippen LogP contribution in [0.1, 0.15) is 47.2 Å². The average Bonchev–Trinajstić information content (AvgIpc) is 3.30. The van der Waals surface area contributed by atoms with Crippen molar-refractivity contribution in [2.45, 2.75) is 43.9 Å². The van der Waals surface area contributed by atoms with Gasteiger partial charge in [-0.05, 0) is 62.2 Å². The Hall–Kier alpha value is -3.05. The summed E-state index contributed by atoms with van der Waals surface area (Å²) in [5.74, 6) is 7.15. The molecule has 0 spiro atoms. The zero-order valence-electron chi connectivity index (χ0n) is 19.3. The number of rotatable bonds is 3. The number of hydrogen-bond donors (Lipinski definition) is 2. The van der Waals surface area contributed by atoms with Gasteiger partial charge in [-0.15, -0.1) is 0 Å². The highest BCUT2D eigenvalue weighted by molar-refractivity contribution is 5.95. The van der Waals surface area contributed by atoms with E-state index in [2.05, 4.69) is 28.9 Å². The molecule has 7 heteroatoms. The maximum atomic E-state index is 13.4. The van der Waals surface area contributed by atoms with E-state index in [1.807, 2.05) is 17.0 Å². The molecule has 2 aromatic carbocycles. The summed E-state index contributed by atoms with van der Waals surface area (Å²) in [6.45, 7) is 4.15. The molecule has 0 aliphatic carbocycles. The van der Waals surface area contributed by atoms with Crippen molar-refractivity contribution in [1.29, 1.82) is 0 Å². The van der Waals surface area contributed by atoms with Crippen LogP contribution < -0.4 is 9.47 Å². The Labute approximate surface area is 199 Å². The number of benzene rings is 2. The second-order valence-corrected chi connectivity index (χ2v) is 9.17. The maximum Gasteiger partial charge on any atom is 0.254 e. The maximum absolute atomic E-state index is 13.4. The van der Waals surface area contributed by atoms with E-state index in [0.717, 1.165) is 30.5 Å².